The van der Waals surface area contributed by atoms with Gasteiger partial charge in [0.25, 0.3) is 11.5 Å². The van der Waals surface area contributed by atoms with Crippen molar-refractivity contribution >= 4 is 30.6 Å². The minimum absolute atomic E-state index is 0.00677. The highest BCUT2D eigenvalue weighted by molar-refractivity contribution is 7.57. The van der Waals surface area contributed by atoms with Gasteiger partial charge in [-0.2, -0.15) is 4.98 Å². The number of nitrogens with one attached hydrogen (secondary N) is 2. The van der Waals surface area contributed by atoms with Gasteiger partial charge in [0.05, 0.1) is 19.0 Å². The number of hydrogen-bond acceptors (Lipinski definition) is 8. The molecule has 2 fully saturated rings. The number of anilines is 1. The summed E-state index contributed by atoms with van der Waals surface area (Å²) in [6, 6.07) is 8.48. The zero-order chi connectivity index (χ0) is 27.5. The number of aliphatic hydroxyl groups excluding tert-OH is 1. The lowest BCUT2D eigenvalue weighted by molar-refractivity contribution is -0.0407. The summed E-state index contributed by atoms with van der Waals surface area (Å²) in [5, 5.41) is 13.7. The van der Waals surface area contributed by atoms with E-state index in [1.54, 1.807) is 30.3 Å². The second-order valence-corrected chi connectivity index (χ2v) is 12.8. The van der Waals surface area contributed by atoms with E-state index in [0.717, 1.165) is 12.8 Å². The van der Waals surface area contributed by atoms with E-state index in [9.17, 15) is 24.2 Å². The van der Waals surface area contributed by atoms with Gasteiger partial charge < -0.3 is 19.3 Å². The summed E-state index contributed by atoms with van der Waals surface area (Å²) in [5.74, 6) is 0.0123. The molecule has 4 N–H and O–H groups in total. The number of aromatic amines is 1. The molecule has 3 heterocycles. The zero-order valence-corrected chi connectivity index (χ0v) is 22.4. The topological polar surface area (TPSA) is 169 Å². The molecule has 7 rings (SSSR count). The van der Waals surface area contributed by atoms with Crippen LogP contribution in [0.15, 0.2) is 52.8 Å². The molecule has 1 aliphatic heterocycles. The van der Waals surface area contributed by atoms with E-state index in [2.05, 4.69) is 34.1 Å². The first-order chi connectivity index (χ1) is 18.5. The maximum absolute atomic E-state index is 13.1. The average molecular weight is 556 g/mol. The maximum Gasteiger partial charge on any atom is 0.354 e. The minimum Gasteiger partial charge on any atom is -0.390 e. The Morgan fingerprint density at radius 1 is 1.31 bits per heavy atom. The fourth-order valence-electron chi connectivity index (χ4n) is 5.89. The van der Waals surface area contributed by atoms with Crippen LogP contribution in [0, 0.1) is 17.3 Å². The van der Waals surface area contributed by atoms with Crippen LogP contribution in [0.4, 0.5) is 5.95 Å². The first-order valence-electron chi connectivity index (χ1n) is 12.9. The van der Waals surface area contributed by atoms with Crippen LogP contribution in [-0.2, 0) is 13.8 Å². The quantitative estimate of drug-likeness (QED) is 0.320. The van der Waals surface area contributed by atoms with Crippen molar-refractivity contribution < 1.29 is 28.6 Å². The summed E-state index contributed by atoms with van der Waals surface area (Å²) in [7, 11) is -4.06. The molecule has 1 amide bonds. The number of imidazole rings is 1. The minimum atomic E-state index is -4.06. The van der Waals surface area contributed by atoms with Gasteiger partial charge in [0.2, 0.25) is 5.95 Å². The molecular weight excluding hydrogens is 525 g/mol. The van der Waals surface area contributed by atoms with Crippen molar-refractivity contribution in [2.75, 3.05) is 11.9 Å². The Morgan fingerprint density at radius 3 is 2.79 bits per heavy atom. The molecule has 1 aromatic carbocycles. The van der Waals surface area contributed by atoms with Crippen molar-refractivity contribution in [3.05, 3.63) is 64.0 Å². The molecule has 13 heteroatoms. The fraction of sp³-hybridized carbons (Fsp3) is 0.462. The van der Waals surface area contributed by atoms with Crippen LogP contribution in [0.5, 0.6) is 0 Å². The highest BCUT2D eigenvalue weighted by atomic mass is 31.2. The lowest BCUT2D eigenvalue weighted by Gasteiger charge is -2.56. The summed E-state index contributed by atoms with van der Waals surface area (Å²) in [6.45, 7) is 3.94. The summed E-state index contributed by atoms with van der Waals surface area (Å²) in [6.07, 6.45) is 2.33. The molecule has 0 radical (unpaired) electrons. The molecule has 1 saturated heterocycles. The van der Waals surface area contributed by atoms with E-state index in [1.807, 2.05) is 6.08 Å². The normalized spacial score (nSPS) is 28.9. The van der Waals surface area contributed by atoms with E-state index in [0.29, 0.717) is 16.8 Å². The average Bonchev–Trinajstić information content (AvgIpc) is 3.51. The molecule has 206 valence electrons. The smallest absolute Gasteiger partial charge is 0.354 e. The third kappa shape index (κ3) is 4.56. The molecule has 39 heavy (non-hydrogen) atoms. The number of benzene rings is 1. The van der Waals surface area contributed by atoms with Crippen LogP contribution in [0.2, 0.25) is 0 Å². The number of amides is 1. The van der Waals surface area contributed by atoms with E-state index >= 15 is 0 Å². The van der Waals surface area contributed by atoms with Gasteiger partial charge in [-0.25, -0.2) is 4.98 Å². The number of rotatable bonds is 7. The van der Waals surface area contributed by atoms with Crippen LogP contribution in [0.1, 0.15) is 49.7 Å². The van der Waals surface area contributed by atoms with Crippen molar-refractivity contribution in [1.82, 2.24) is 19.5 Å². The second-order valence-electron chi connectivity index (χ2n) is 11.0. The van der Waals surface area contributed by atoms with Gasteiger partial charge in [0, 0.05) is 17.3 Å². The van der Waals surface area contributed by atoms with Gasteiger partial charge in [-0.3, -0.25) is 29.0 Å². The number of nitrogens with zero attached hydrogens (tertiary/aromatic N) is 3. The predicted octanol–water partition coefficient (Wildman–Crippen LogP) is 3.17. The molecule has 12 nitrogen and oxygen atoms in total. The number of carbonyl (C=O) groups excluding carboxylic acids is 1. The van der Waals surface area contributed by atoms with E-state index in [4.69, 9.17) is 9.26 Å². The Balaban J connectivity index is 1.17. The summed E-state index contributed by atoms with van der Waals surface area (Å²) in [5.41, 5.74) is -0.000213. The molecule has 2 aromatic heterocycles. The Morgan fingerprint density at radius 2 is 2.08 bits per heavy atom. The Hall–Kier alpha value is -3.15. The summed E-state index contributed by atoms with van der Waals surface area (Å²) >= 11 is 0. The van der Waals surface area contributed by atoms with E-state index in [1.165, 1.54) is 10.9 Å². The van der Waals surface area contributed by atoms with Crippen molar-refractivity contribution in [1.29, 1.82) is 0 Å². The largest absolute Gasteiger partial charge is 0.390 e. The molecule has 1 saturated carbocycles. The molecule has 3 aromatic rings. The second kappa shape index (κ2) is 9.50. The number of H-pyrrole nitrogens is 1. The van der Waals surface area contributed by atoms with Crippen molar-refractivity contribution in [3.8, 4) is 0 Å². The molecular formula is C26H30N5O7P. The number of aliphatic hydroxyl groups is 1. The van der Waals surface area contributed by atoms with Crippen LogP contribution in [-0.4, -0.2) is 54.2 Å². The number of hydrogen-bond donors (Lipinski definition) is 4. The highest BCUT2D eigenvalue weighted by Gasteiger charge is 2.55. The first kappa shape index (κ1) is 26.1. The van der Waals surface area contributed by atoms with Crippen molar-refractivity contribution in [2.24, 2.45) is 17.3 Å². The van der Waals surface area contributed by atoms with E-state index < -0.39 is 37.5 Å². The van der Waals surface area contributed by atoms with Crippen molar-refractivity contribution in [2.45, 2.75) is 51.5 Å². The molecule has 4 aliphatic rings. The third-order valence-electron chi connectivity index (χ3n) is 8.39. The SMILES string of the molecule is CC1(C)[C@@H]2CC=C(P(=O)(O)OC[C@H]3O[C@@H](n4cnc5c(=O)[nH]c(NC(=O)c6ccccc6)nc54)C[C@@H]3O)[C@H]1C2. The van der Waals surface area contributed by atoms with Crippen LogP contribution < -0.4 is 10.9 Å². The van der Waals surface area contributed by atoms with Crippen LogP contribution in [0.3, 0.4) is 0 Å². The lowest BCUT2D eigenvalue weighted by atomic mass is 9.51. The number of aromatic nitrogens is 4. The van der Waals surface area contributed by atoms with Gasteiger partial charge >= 0.3 is 7.60 Å². The van der Waals surface area contributed by atoms with Crippen molar-refractivity contribution in [3.63, 3.8) is 0 Å². The maximum atomic E-state index is 13.1. The summed E-state index contributed by atoms with van der Waals surface area (Å²) < 4.78 is 26.1. The first-order valence-corrected chi connectivity index (χ1v) is 14.5. The Kier molecular flexibility index (Phi) is 6.35. The highest BCUT2D eigenvalue weighted by Crippen LogP contribution is 2.68. The molecule has 1 unspecified atom stereocenters. The fourth-order valence-corrected chi connectivity index (χ4v) is 7.55. The predicted molar refractivity (Wildman–Crippen MR) is 141 cm³/mol. The van der Waals surface area contributed by atoms with Gasteiger partial charge in [-0.1, -0.05) is 38.1 Å². The Labute approximate surface area is 223 Å². The van der Waals surface area contributed by atoms with E-state index in [-0.39, 0.29) is 41.5 Å². The van der Waals surface area contributed by atoms with Gasteiger partial charge in [0.15, 0.2) is 11.2 Å². The standard InChI is InChI=1S/C26H30N5O7P/c1-26(2)15-8-9-19(16(26)10-15)39(35,36)37-12-18-17(32)11-20(38-18)31-13-27-21-22(31)28-25(30-24(21)34)29-23(33)14-6-4-3-5-7-14/h3-7,9,13,15-18,20,32H,8,10-12H2,1-2H3,(H,35,36)(H2,28,29,30,33,34)/t15-,16-,17+,18-,20-/m1/s1. The number of ether oxygens (including phenoxy) is 1. The monoisotopic (exact) mass is 555 g/mol. The molecule has 0 spiro atoms. The number of carbonyl (C=O) groups is 1. The van der Waals surface area contributed by atoms with Gasteiger partial charge in [0.1, 0.15) is 12.3 Å². The van der Waals surface area contributed by atoms with Gasteiger partial charge in [-0.05, 0) is 42.2 Å². The summed E-state index contributed by atoms with van der Waals surface area (Å²) in [4.78, 5) is 46.9. The molecule has 3 aliphatic carbocycles. The van der Waals surface area contributed by atoms with Gasteiger partial charge in [-0.15, -0.1) is 0 Å². The Bertz CT molecular complexity index is 1570. The zero-order valence-electron chi connectivity index (χ0n) is 21.5. The van der Waals surface area contributed by atoms with Crippen LogP contribution in [0.25, 0.3) is 11.2 Å². The number of allylic oxidation sites excluding steroid dienone is 2. The molecule has 2 bridgehead atoms. The van der Waals surface area contributed by atoms with Crippen LogP contribution >= 0.6 is 7.60 Å². The molecule has 6 atom stereocenters. The lowest BCUT2D eigenvalue weighted by Crippen LogP contribution is -2.48. The number of fused-ring (bicyclic) bond motifs is 2. The third-order valence-corrected chi connectivity index (χ3v) is 10.0.